The molecule has 1 heterocycles. The summed E-state index contributed by atoms with van der Waals surface area (Å²) in [6.07, 6.45) is 1.33. The molecule has 1 unspecified atom stereocenters. The van der Waals surface area contributed by atoms with E-state index in [0.717, 1.165) is 0 Å². The Labute approximate surface area is 155 Å². The van der Waals surface area contributed by atoms with E-state index >= 15 is 0 Å². The number of benzene rings is 1. The maximum atomic E-state index is 12.2. The van der Waals surface area contributed by atoms with Crippen molar-refractivity contribution in [2.45, 2.75) is 25.3 Å². The fraction of sp³-hybridized carbons (Fsp3) is 0.235. The van der Waals surface area contributed by atoms with E-state index in [4.69, 9.17) is 10.8 Å². The van der Waals surface area contributed by atoms with E-state index in [9.17, 15) is 24.7 Å². The van der Waals surface area contributed by atoms with Crippen molar-refractivity contribution in [2.24, 2.45) is 5.73 Å². The first-order valence-electron chi connectivity index (χ1n) is 8.15. The summed E-state index contributed by atoms with van der Waals surface area (Å²) in [4.78, 5) is 27.3. The Bertz CT molecular complexity index is 830. The second-order valence-electron chi connectivity index (χ2n) is 5.95. The van der Waals surface area contributed by atoms with E-state index in [-0.39, 0.29) is 30.5 Å². The first-order chi connectivity index (χ1) is 12.8. The highest BCUT2D eigenvalue weighted by Gasteiger charge is 2.27. The quantitative estimate of drug-likeness (QED) is 0.328. The van der Waals surface area contributed by atoms with Gasteiger partial charge in [-0.25, -0.2) is 4.79 Å². The monoisotopic (exact) mass is 373 g/mol. The van der Waals surface area contributed by atoms with Gasteiger partial charge in [0.25, 0.3) is 0 Å². The first-order valence-corrected chi connectivity index (χ1v) is 8.15. The SMILES string of the molecule is NCc1cc(CC(=O)NC(Cc2cccc(C(=O)O)c2O)B(O)O)ccn1. The fourth-order valence-electron chi connectivity index (χ4n) is 2.59. The van der Waals surface area contributed by atoms with Crippen LogP contribution in [0.5, 0.6) is 5.75 Å². The normalized spacial score (nSPS) is 11.7. The Balaban J connectivity index is 2.10. The Hall–Kier alpha value is -2.95. The van der Waals surface area contributed by atoms with Crippen LogP contribution >= 0.6 is 0 Å². The summed E-state index contributed by atoms with van der Waals surface area (Å²) < 4.78 is 0. The standard InChI is InChI=1S/C17H20BN3O6/c19-9-12-6-10(4-5-20-12)7-15(22)21-14(18(26)27)8-11-2-1-3-13(16(11)23)17(24)25/h1-6,14,23,26-27H,7-9,19H2,(H,21,22)(H,24,25). The van der Waals surface area contributed by atoms with Crippen molar-refractivity contribution >= 4 is 19.0 Å². The Morgan fingerprint density at radius 3 is 2.63 bits per heavy atom. The van der Waals surface area contributed by atoms with Crippen LogP contribution in [0, 0.1) is 0 Å². The molecule has 0 aliphatic carbocycles. The van der Waals surface area contributed by atoms with Gasteiger partial charge in [-0.05, 0) is 35.7 Å². The van der Waals surface area contributed by atoms with Gasteiger partial charge in [0, 0.05) is 12.7 Å². The van der Waals surface area contributed by atoms with Crippen molar-refractivity contribution in [2.75, 3.05) is 0 Å². The molecular formula is C17H20BN3O6. The maximum Gasteiger partial charge on any atom is 0.475 e. The predicted octanol–water partition coefficient (Wildman–Crippen LogP) is -0.774. The number of hydrogen-bond donors (Lipinski definition) is 6. The van der Waals surface area contributed by atoms with Gasteiger partial charge in [0.2, 0.25) is 5.91 Å². The minimum atomic E-state index is -1.90. The molecule has 0 saturated carbocycles. The average molecular weight is 373 g/mol. The molecule has 2 aromatic rings. The summed E-state index contributed by atoms with van der Waals surface area (Å²) >= 11 is 0. The molecule has 7 N–H and O–H groups in total. The van der Waals surface area contributed by atoms with Gasteiger partial charge in [-0.2, -0.15) is 0 Å². The molecule has 1 aromatic carbocycles. The molecule has 0 aliphatic rings. The number of carboxylic acid groups (broad SMARTS) is 1. The van der Waals surface area contributed by atoms with Crippen LogP contribution in [0.4, 0.5) is 0 Å². The summed E-state index contributed by atoms with van der Waals surface area (Å²) in [5, 5.41) is 40.7. The first kappa shape index (κ1) is 20.4. The molecule has 0 spiro atoms. The van der Waals surface area contributed by atoms with Crippen LogP contribution in [0.2, 0.25) is 0 Å². The third kappa shape index (κ3) is 5.51. The molecule has 27 heavy (non-hydrogen) atoms. The number of phenols is 1. The molecule has 0 bridgehead atoms. The lowest BCUT2D eigenvalue weighted by molar-refractivity contribution is -0.120. The largest absolute Gasteiger partial charge is 0.507 e. The highest BCUT2D eigenvalue weighted by Crippen LogP contribution is 2.24. The molecule has 1 atom stereocenters. The van der Waals surface area contributed by atoms with E-state index in [1.54, 1.807) is 12.1 Å². The van der Waals surface area contributed by atoms with E-state index in [1.165, 1.54) is 24.4 Å². The maximum absolute atomic E-state index is 12.2. The number of aromatic nitrogens is 1. The lowest BCUT2D eigenvalue weighted by Crippen LogP contribution is -2.48. The van der Waals surface area contributed by atoms with Gasteiger partial charge < -0.3 is 31.3 Å². The number of nitrogens with zero attached hydrogens (tertiary/aromatic N) is 1. The van der Waals surface area contributed by atoms with Crippen molar-refractivity contribution in [3.05, 3.63) is 58.9 Å². The lowest BCUT2D eigenvalue weighted by atomic mass is 9.75. The number of nitrogens with two attached hydrogens (primary N) is 1. The van der Waals surface area contributed by atoms with Crippen LogP contribution in [-0.2, 0) is 24.2 Å². The molecule has 142 valence electrons. The van der Waals surface area contributed by atoms with Gasteiger partial charge in [-0.15, -0.1) is 0 Å². The predicted molar refractivity (Wildman–Crippen MR) is 96.7 cm³/mol. The number of pyridine rings is 1. The number of amides is 1. The zero-order chi connectivity index (χ0) is 20.0. The number of hydrogen-bond acceptors (Lipinski definition) is 7. The highest BCUT2D eigenvalue weighted by molar-refractivity contribution is 6.43. The van der Waals surface area contributed by atoms with Gasteiger partial charge in [-0.3, -0.25) is 9.78 Å². The van der Waals surface area contributed by atoms with Gasteiger partial charge >= 0.3 is 13.1 Å². The van der Waals surface area contributed by atoms with Gasteiger partial charge in [0.05, 0.1) is 18.1 Å². The zero-order valence-electron chi connectivity index (χ0n) is 14.4. The van der Waals surface area contributed by atoms with E-state index in [0.29, 0.717) is 11.3 Å². The third-order valence-electron chi connectivity index (χ3n) is 3.95. The number of nitrogens with one attached hydrogen (secondary N) is 1. The van der Waals surface area contributed by atoms with Crippen molar-refractivity contribution in [1.29, 1.82) is 0 Å². The van der Waals surface area contributed by atoms with Crippen LogP contribution in [0.25, 0.3) is 0 Å². The molecule has 0 aliphatic heterocycles. The van der Waals surface area contributed by atoms with Crippen LogP contribution in [0.1, 0.15) is 27.2 Å². The number of carboxylic acids is 1. The number of rotatable bonds is 8. The minimum Gasteiger partial charge on any atom is -0.507 e. The molecule has 1 aromatic heterocycles. The Morgan fingerprint density at radius 1 is 1.26 bits per heavy atom. The Kier molecular flexibility index (Phi) is 6.88. The second kappa shape index (κ2) is 9.13. The van der Waals surface area contributed by atoms with E-state index in [1.807, 2.05) is 0 Å². The van der Waals surface area contributed by atoms with Crippen LogP contribution < -0.4 is 11.1 Å². The number of para-hydroxylation sites is 1. The molecule has 9 nitrogen and oxygen atoms in total. The van der Waals surface area contributed by atoms with Crippen molar-refractivity contribution in [3.8, 4) is 5.75 Å². The van der Waals surface area contributed by atoms with E-state index < -0.39 is 30.7 Å². The van der Waals surface area contributed by atoms with Crippen molar-refractivity contribution in [1.82, 2.24) is 10.3 Å². The van der Waals surface area contributed by atoms with Gasteiger partial charge in [-0.1, -0.05) is 12.1 Å². The van der Waals surface area contributed by atoms with Crippen molar-refractivity contribution < 1.29 is 29.9 Å². The number of carbonyl (C=O) groups excluding carboxylic acids is 1. The summed E-state index contributed by atoms with van der Waals surface area (Å²) in [5.74, 6) is -3.40. The summed E-state index contributed by atoms with van der Waals surface area (Å²) in [7, 11) is -1.90. The third-order valence-corrected chi connectivity index (χ3v) is 3.95. The van der Waals surface area contributed by atoms with Crippen LogP contribution in [0.15, 0.2) is 36.5 Å². The lowest BCUT2D eigenvalue weighted by Gasteiger charge is -2.19. The molecule has 10 heteroatoms. The number of aromatic carboxylic acids is 1. The van der Waals surface area contributed by atoms with Gasteiger partial charge in [0.15, 0.2) is 0 Å². The molecule has 1 amide bonds. The van der Waals surface area contributed by atoms with Crippen LogP contribution in [0.3, 0.4) is 0 Å². The summed E-state index contributed by atoms with van der Waals surface area (Å²) in [5.41, 5.74) is 6.65. The zero-order valence-corrected chi connectivity index (χ0v) is 14.4. The van der Waals surface area contributed by atoms with E-state index in [2.05, 4.69) is 10.3 Å². The molecule has 0 saturated heterocycles. The second-order valence-corrected chi connectivity index (χ2v) is 5.95. The van der Waals surface area contributed by atoms with Crippen LogP contribution in [-0.4, -0.2) is 50.2 Å². The molecule has 0 fully saturated rings. The number of carbonyl (C=O) groups is 2. The summed E-state index contributed by atoms with van der Waals surface area (Å²) in [6, 6.07) is 7.41. The topological polar surface area (TPSA) is 166 Å². The summed E-state index contributed by atoms with van der Waals surface area (Å²) in [6.45, 7) is 0.229. The fourth-order valence-corrected chi connectivity index (χ4v) is 2.59. The number of aromatic hydroxyl groups is 1. The molecular weight excluding hydrogens is 353 g/mol. The Morgan fingerprint density at radius 2 is 2.00 bits per heavy atom. The van der Waals surface area contributed by atoms with Gasteiger partial charge in [0.1, 0.15) is 11.3 Å². The average Bonchev–Trinajstić information content (AvgIpc) is 2.62. The molecule has 2 rings (SSSR count). The molecule has 0 radical (unpaired) electrons. The minimum absolute atomic E-state index is 0.0279. The smallest absolute Gasteiger partial charge is 0.475 e. The highest BCUT2D eigenvalue weighted by atomic mass is 16.4. The van der Waals surface area contributed by atoms with Crippen molar-refractivity contribution in [3.63, 3.8) is 0 Å².